The predicted molar refractivity (Wildman–Crippen MR) is 120 cm³/mol. The Morgan fingerprint density at radius 1 is 1.29 bits per heavy atom. The van der Waals surface area contributed by atoms with E-state index in [2.05, 4.69) is 51.8 Å². The molecule has 28 heavy (non-hydrogen) atoms. The molecular weight excluding hydrogens is 502 g/mol. The van der Waals surface area contributed by atoms with Crippen LogP contribution < -0.4 is 5.73 Å². The average Bonchev–Trinajstić information content (AvgIpc) is 3.33. The van der Waals surface area contributed by atoms with Gasteiger partial charge in [-0.2, -0.15) is 5.26 Å². The molecule has 0 unspecified atom stereocenters. The maximum Gasteiger partial charge on any atom is 0.241 e. The number of carbonyl (C=O) groups is 1. The quantitative estimate of drug-likeness (QED) is 0.510. The van der Waals surface area contributed by atoms with Crippen LogP contribution in [0.15, 0.2) is 44.7 Å². The lowest BCUT2D eigenvalue weighted by Gasteiger charge is -2.37. The molecule has 0 bridgehead atoms. The van der Waals surface area contributed by atoms with Gasteiger partial charge in [-0.25, -0.2) is 0 Å². The van der Waals surface area contributed by atoms with Crippen LogP contribution in [0.4, 0.5) is 0 Å². The van der Waals surface area contributed by atoms with Gasteiger partial charge in [-0.1, -0.05) is 41.9 Å². The average molecular weight is 525 g/mol. The Hall–Kier alpha value is -1.20. The Kier molecular flexibility index (Phi) is 6.65. The van der Waals surface area contributed by atoms with E-state index in [1.165, 1.54) is 0 Å². The number of amides is 1. The summed E-state index contributed by atoms with van der Waals surface area (Å²) in [5.41, 5.74) is 6.51. The Morgan fingerprint density at radius 3 is 2.39 bits per heavy atom. The number of rotatable bonds is 7. The second-order valence-electron chi connectivity index (χ2n) is 7.71. The van der Waals surface area contributed by atoms with Crippen molar-refractivity contribution in [1.29, 1.82) is 5.26 Å². The van der Waals surface area contributed by atoms with Crippen molar-refractivity contribution < 1.29 is 4.79 Å². The molecule has 1 fully saturated rings. The largest absolute Gasteiger partial charge is 0.320 e. The minimum absolute atomic E-state index is 0.148. The minimum Gasteiger partial charge on any atom is -0.320 e. The fourth-order valence-corrected chi connectivity index (χ4v) is 5.28. The zero-order chi connectivity index (χ0) is 20.5. The topological polar surface area (TPSA) is 70.1 Å². The van der Waals surface area contributed by atoms with E-state index < -0.39 is 11.6 Å². The monoisotopic (exact) mass is 523 g/mol. The second kappa shape index (κ2) is 8.66. The molecule has 3 rings (SSSR count). The van der Waals surface area contributed by atoms with Crippen LogP contribution in [0.5, 0.6) is 0 Å². The number of nitrogens with two attached hydrogens (primary N) is 1. The summed E-state index contributed by atoms with van der Waals surface area (Å²) in [6, 6.07) is 11.4. The van der Waals surface area contributed by atoms with Crippen LogP contribution in [0, 0.1) is 17.2 Å². The standard InChI is InChI=1S/C21H23Br2N3OS/c1-13(2)9-17(25)20(27)26(21(12-24)7-8-21)19(18-10-16(23)11-28-18)14-3-5-15(22)6-4-14/h3-6,10-11,13,17,19H,7-9,25H2,1-2H3/t17-,19-/m0/s1. The molecule has 7 heteroatoms. The fourth-order valence-electron chi connectivity index (χ4n) is 3.45. The third-order valence-electron chi connectivity index (χ3n) is 4.97. The van der Waals surface area contributed by atoms with Crippen molar-refractivity contribution in [2.24, 2.45) is 11.7 Å². The number of hydrogen-bond donors (Lipinski definition) is 1. The first-order valence-corrected chi connectivity index (χ1v) is 11.7. The molecule has 0 aliphatic heterocycles. The smallest absolute Gasteiger partial charge is 0.241 e. The summed E-state index contributed by atoms with van der Waals surface area (Å²) in [6.45, 7) is 4.11. The molecule has 1 aliphatic rings. The predicted octanol–water partition coefficient (Wildman–Crippen LogP) is 5.62. The summed E-state index contributed by atoms with van der Waals surface area (Å²) in [5.74, 6) is 0.158. The van der Waals surface area contributed by atoms with E-state index in [4.69, 9.17) is 5.73 Å². The first-order chi connectivity index (χ1) is 13.3. The van der Waals surface area contributed by atoms with Crippen molar-refractivity contribution in [3.8, 4) is 6.07 Å². The summed E-state index contributed by atoms with van der Waals surface area (Å²) in [4.78, 5) is 16.3. The van der Waals surface area contributed by atoms with Crippen LogP contribution in [0.1, 0.15) is 49.6 Å². The van der Waals surface area contributed by atoms with Gasteiger partial charge in [0.25, 0.3) is 0 Å². The van der Waals surface area contributed by atoms with E-state index in [0.29, 0.717) is 25.2 Å². The number of benzene rings is 1. The molecule has 1 heterocycles. The molecule has 4 nitrogen and oxygen atoms in total. The summed E-state index contributed by atoms with van der Waals surface area (Å²) in [5, 5.41) is 11.9. The van der Waals surface area contributed by atoms with Crippen LogP contribution in [-0.4, -0.2) is 22.4 Å². The lowest BCUT2D eigenvalue weighted by molar-refractivity contribution is -0.137. The number of thiophene rings is 1. The fraction of sp³-hybridized carbons (Fsp3) is 0.429. The van der Waals surface area contributed by atoms with Crippen molar-refractivity contribution in [2.45, 2.75) is 50.7 Å². The summed E-state index contributed by atoms with van der Waals surface area (Å²) < 4.78 is 1.94. The Morgan fingerprint density at radius 2 is 1.93 bits per heavy atom. The van der Waals surface area contributed by atoms with E-state index in [-0.39, 0.29) is 11.9 Å². The van der Waals surface area contributed by atoms with E-state index in [1.807, 2.05) is 35.7 Å². The molecule has 2 N–H and O–H groups in total. The Labute approximate surface area is 187 Å². The van der Waals surface area contributed by atoms with Crippen molar-refractivity contribution in [1.82, 2.24) is 4.90 Å². The maximum atomic E-state index is 13.5. The highest BCUT2D eigenvalue weighted by atomic mass is 79.9. The Bertz CT molecular complexity index is 884. The molecule has 0 spiro atoms. The molecule has 1 aromatic carbocycles. The maximum absolute atomic E-state index is 13.5. The van der Waals surface area contributed by atoms with Crippen LogP contribution >= 0.6 is 43.2 Å². The number of carbonyl (C=O) groups excluding carboxylic acids is 1. The van der Waals surface area contributed by atoms with Gasteiger partial charge in [0, 0.05) is 19.2 Å². The molecule has 0 radical (unpaired) electrons. The van der Waals surface area contributed by atoms with Crippen LogP contribution in [0.2, 0.25) is 0 Å². The van der Waals surface area contributed by atoms with Gasteiger partial charge >= 0.3 is 0 Å². The van der Waals surface area contributed by atoms with E-state index in [1.54, 1.807) is 16.2 Å². The Balaban J connectivity index is 2.10. The lowest BCUT2D eigenvalue weighted by atomic mass is 9.97. The highest BCUT2D eigenvalue weighted by molar-refractivity contribution is 9.10. The van der Waals surface area contributed by atoms with Crippen molar-refractivity contribution in [2.75, 3.05) is 0 Å². The van der Waals surface area contributed by atoms with Gasteiger partial charge < -0.3 is 10.6 Å². The SMILES string of the molecule is CC(C)C[C@H](N)C(=O)N([C@@H](c1ccc(Br)cc1)c1cc(Br)cs1)C1(C#N)CC1. The molecule has 0 saturated heterocycles. The van der Waals surface area contributed by atoms with Crippen molar-refractivity contribution >= 4 is 49.1 Å². The molecule has 2 atom stereocenters. The van der Waals surface area contributed by atoms with Crippen LogP contribution in [0.25, 0.3) is 0 Å². The third-order valence-corrected chi connectivity index (χ3v) is 7.25. The summed E-state index contributed by atoms with van der Waals surface area (Å²) >= 11 is 8.58. The number of hydrogen-bond acceptors (Lipinski definition) is 4. The van der Waals surface area contributed by atoms with Gasteiger partial charge in [-0.15, -0.1) is 11.3 Å². The summed E-state index contributed by atoms with van der Waals surface area (Å²) in [7, 11) is 0. The first-order valence-electron chi connectivity index (χ1n) is 9.27. The van der Waals surface area contributed by atoms with E-state index >= 15 is 0 Å². The van der Waals surface area contributed by atoms with E-state index in [9.17, 15) is 10.1 Å². The first kappa shape index (κ1) is 21.5. The molecule has 148 valence electrons. The van der Waals surface area contributed by atoms with Gasteiger partial charge in [0.1, 0.15) is 5.54 Å². The van der Waals surface area contributed by atoms with Crippen LogP contribution in [-0.2, 0) is 4.79 Å². The highest BCUT2D eigenvalue weighted by Gasteiger charge is 2.54. The lowest BCUT2D eigenvalue weighted by Crippen LogP contribution is -2.51. The second-order valence-corrected chi connectivity index (χ2v) is 10.5. The number of nitrogens with zero attached hydrogens (tertiary/aromatic N) is 2. The normalized spacial score (nSPS) is 17.0. The molecular formula is C21H23Br2N3OS. The zero-order valence-electron chi connectivity index (χ0n) is 15.9. The van der Waals surface area contributed by atoms with Gasteiger partial charge in [0.15, 0.2) is 0 Å². The molecule has 1 aliphatic carbocycles. The third kappa shape index (κ3) is 4.51. The number of halogens is 2. The van der Waals surface area contributed by atoms with Crippen molar-refractivity contribution in [3.63, 3.8) is 0 Å². The van der Waals surface area contributed by atoms with Crippen LogP contribution in [0.3, 0.4) is 0 Å². The van der Waals surface area contributed by atoms with Crippen molar-refractivity contribution in [3.05, 3.63) is 55.1 Å². The van der Waals surface area contributed by atoms with E-state index in [0.717, 1.165) is 19.4 Å². The molecule has 2 aromatic rings. The van der Waals surface area contributed by atoms with Gasteiger partial charge in [-0.05, 0) is 64.9 Å². The minimum atomic E-state index is -0.778. The molecule has 1 saturated carbocycles. The van der Waals surface area contributed by atoms with Gasteiger partial charge in [0.2, 0.25) is 5.91 Å². The zero-order valence-corrected chi connectivity index (χ0v) is 19.9. The molecule has 1 aromatic heterocycles. The van der Waals surface area contributed by atoms with Gasteiger partial charge in [-0.3, -0.25) is 4.79 Å². The highest BCUT2D eigenvalue weighted by Crippen LogP contribution is 2.49. The van der Waals surface area contributed by atoms with Gasteiger partial charge in [0.05, 0.1) is 18.2 Å². The summed E-state index contributed by atoms with van der Waals surface area (Å²) in [6.07, 6.45) is 1.96. The number of nitriles is 1. The molecule has 1 amide bonds.